The highest BCUT2D eigenvalue weighted by Crippen LogP contribution is 2.23. The van der Waals surface area contributed by atoms with E-state index in [4.69, 9.17) is 10.00 Å². The zero-order chi connectivity index (χ0) is 21.7. The van der Waals surface area contributed by atoms with Crippen molar-refractivity contribution in [3.63, 3.8) is 0 Å². The summed E-state index contributed by atoms with van der Waals surface area (Å²) in [6.07, 6.45) is 1.72. The van der Waals surface area contributed by atoms with Gasteiger partial charge in [0.2, 0.25) is 0 Å². The summed E-state index contributed by atoms with van der Waals surface area (Å²) in [5, 5.41) is 20.2. The van der Waals surface area contributed by atoms with E-state index in [0.29, 0.717) is 30.3 Å². The van der Waals surface area contributed by atoms with Crippen LogP contribution in [0.4, 0.5) is 22.9 Å². The lowest BCUT2D eigenvalue weighted by molar-refractivity contribution is 0.122. The fourth-order valence-corrected chi connectivity index (χ4v) is 4.16. The van der Waals surface area contributed by atoms with Crippen LogP contribution in [0.25, 0.3) is 0 Å². The van der Waals surface area contributed by atoms with Crippen LogP contribution in [-0.4, -0.2) is 44.9 Å². The van der Waals surface area contributed by atoms with Crippen LogP contribution in [0.2, 0.25) is 0 Å². The number of morpholine rings is 1. The van der Waals surface area contributed by atoms with Crippen molar-refractivity contribution in [2.45, 2.75) is 4.90 Å². The summed E-state index contributed by atoms with van der Waals surface area (Å²) < 4.78 is 33.0. The first-order valence-corrected chi connectivity index (χ1v) is 11.1. The van der Waals surface area contributed by atoms with Crippen molar-refractivity contribution in [2.24, 2.45) is 0 Å². The monoisotopic (exact) mass is 436 g/mol. The molecule has 3 aromatic rings. The number of hydrogen-bond acceptors (Lipinski definition) is 8. The van der Waals surface area contributed by atoms with Gasteiger partial charge in [0, 0.05) is 30.5 Å². The summed E-state index contributed by atoms with van der Waals surface area (Å²) in [5.41, 5.74) is 2.53. The average Bonchev–Trinajstić information content (AvgIpc) is 2.81. The Labute approximate surface area is 180 Å². The zero-order valence-corrected chi connectivity index (χ0v) is 17.3. The van der Waals surface area contributed by atoms with Gasteiger partial charge in [-0.1, -0.05) is 0 Å². The first-order chi connectivity index (χ1) is 15.0. The molecule has 0 spiro atoms. The van der Waals surface area contributed by atoms with Crippen LogP contribution in [0.3, 0.4) is 0 Å². The maximum atomic E-state index is 12.5. The first kappa shape index (κ1) is 20.6. The molecule has 31 heavy (non-hydrogen) atoms. The van der Waals surface area contributed by atoms with E-state index in [-0.39, 0.29) is 4.90 Å². The van der Waals surface area contributed by atoms with Gasteiger partial charge in [-0.15, -0.1) is 5.10 Å². The lowest BCUT2D eigenvalue weighted by Gasteiger charge is -2.28. The van der Waals surface area contributed by atoms with E-state index in [1.165, 1.54) is 24.3 Å². The summed E-state index contributed by atoms with van der Waals surface area (Å²) in [6, 6.07) is 16.4. The quantitative estimate of drug-likeness (QED) is 0.605. The van der Waals surface area contributed by atoms with Gasteiger partial charge in [-0.05, 0) is 48.5 Å². The maximum absolute atomic E-state index is 12.5. The lowest BCUT2D eigenvalue weighted by atomic mass is 10.2. The largest absolute Gasteiger partial charge is 0.378 e. The molecule has 1 fully saturated rings. The summed E-state index contributed by atoms with van der Waals surface area (Å²) in [6.45, 7) is 2.98. The van der Waals surface area contributed by atoms with Crippen LogP contribution in [0, 0.1) is 11.3 Å². The Bertz CT molecular complexity index is 1190. The third kappa shape index (κ3) is 5.09. The van der Waals surface area contributed by atoms with Crippen molar-refractivity contribution in [3.05, 3.63) is 66.4 Å². The van der Waals surface area contributed by atoms with E-state index in [9.17, 15) is 8.42 Å². The van der Waals surface area contributed by atoms with Gasteiger partial charge in [0.1, 0.15) is 0 Å². The van der Waals surface area contributed by atoms with Gasteiger partial charge in [-0.3, -0.25) is 4.72 Å². The number of rotatable bonds is 6. The molecule has 0 unspecified atom stereocenters. The van der Waals surface area contributed by atoms with E-state index >= 15 is 0 Å². The molecule has 0 atom stereocenters. The van der Waals surface area contributed by atoms with E-state index in [1.807, 2.05) is 12.1 Å². The number of aromatic nitrogens is 2. The topological polar surface area (TPSA) is 120 Å². The molecular formula is C21H20N6O3S. The number of sulfonamides is 1. The van der Waals surface area contributed by atoms with Crippen LogP contribution in [0.5, 0.6) is 0 Å². The fraction of sp³-hybridized carbons (Fsp3) is 0.190. The predicted molar refractivity (Wildman–Crippen MR) is 117 cm³/mol. The van der Waals surface area contributed by atoms with Crippen LogP contribution < -0.4 is 14.9 Å². The highest BCUT2D eigenvalue weighted by molar-refractivity contribution is 7.92. The van der Waals surface area contributed by atoms with Crippen molar-refractivity contribution in [1.82, 2.24) is 10.2 Å². The van der Waals surface area contributed by atoms with E-state index < -0.39 is 10.0 Å². The minimum absolute atomic E-state index is 0.0869. The molecular weight excluding hydrogens is 416 g/mol. The van der Waals surface area contributed by atoms with Crippen molar-refractivity contribution < 1.29 is 13.2 Å². The number of nitriles is 1. The average molecular weight is 436 g/mol. The molecule has 158 valence electrons. The Balaban J connectivity index is 1.43. The van der Waals surface area contributed by atoms with Crippen LogP contribution >= 0.6 is 0 Å². The molecule has 0 aliphatic carbocycles. The second-order valence-electron chi connectivity index (χ2n) is 6.84. The van der Waals surface area contributed by atoms with Gasteiger partial charge in [0.15, 0.2) is 5.82 Å². The number of anilines is 4. The highest BCUT2D eigenvalue weighted by Gasteiger charge is 2.15. The molecule has 2 heterocycles. The minimum atomic E-state index is -3.75. The highest BCUT2D eigenvalue weighted by atomic mass is 32.2. The van der Waals surface area contributed by atoms with Gasteiger partial charge in [-0.2, -0.15) is 10.4 Å². The second-order valence-corrected chi connectivity index (χ2v) is 8.52. The van der Waals surface area contributed by atoms with Crippen molar-refractivity contribution >= 4 is 32.9 Å². The van der Waals surface area contributed by atoms with Crippen molar-refractivity contribution in [1.29, 1.82) is 5.26 Å². The first-order valence-electron chi connectivity index (χ1n) is 9.59. The van der Waals surface area contributed by atoms with Gasteiger partial charge in [0.25, 0.3) is 10.0 Å². The standard InChI is InChI=1S/C21H20N6O3S/c22-14-16-1-7-20(8-2-16)31(28,29)26-18-5-3-17(4-6-18)24-21-13-19(15-23-25-21)27-9-11-30-12-10-27/h1-8,13,15,26H,9-12H2,(H,24,25). The number of benzene rings is 2. The maximum Gasteiger partial charge on any atom is 0.261 e. The summed E-state index contributed by atoms with van der Waals surface area (Å²) >= 11 is 0. The summed E-state index contributed by atoms with van der Waals surface area (Å²) in [4.78, 5) is 2.27. The molecule has 1 saturated heterocycles. The van der Waals surface area contributed by atoms with Crippen LogP contribution in [-0.2, 0) is 14.8 Å². The molecule has 1 aliphatic heterocycles. The Morgan fingerprint density at radius 3 is 2.35 bits per heavy atom. The molecule has 2 N–H and O–H groups in total. The lowest BCUT2D eigenvalue weighted by Crippen LogP contribution is -2.36. The van der Waals surface area contributed by atoms with E-state index in [1.54, 1.807) is 30.5 Å². The molecule has 1 aromatic heterocycles. The summed E-state index contributed by atoms with van der Waals surface area (Å²) in [7, 11) is -3.75. The minimum Gasteiger partial charge on any atom is -0.378 e. The molecule has 10 heteroatoms. The molecule has 0 radical (unpaired) electrons. The second kappa shape index (κ2) is 8.99. The Kier molecular flexibility index (Phi) is 5.97. The molecule has 4 rings (SSSR count). The van der Waals surface area contributed by atoms with E-state index in [2.05, 4.69) is 25.1 Å². The summed E-state index contributed by atoms with van der Waals surface area (Å²) in [5.74, 6) is 0.593. The fourth-order valence-electron chi connectivity index (χ4n) is 3.10. The number of nitrogens with one attached hydrogen (secondary N) is 2. The van der Waals surface area contributed by atoms with Gasteiger partial charge < -0.3 is 15.0 Å². The molecule has 9 nitrogen and oxygen atoms in total. The van der Waals surface area contributed by atoms with Gasteiger partial charge in [0.05, 0.1) is 41.6 Å². The van der Waals surface area contributed by atoms with Gasteiger partial charge in [-0.25, -0.2) is 8.42 Å². The molecule has 0 bridgehead atoms. The number of ether oxygens (including phenoxy) is 1. The SMILES string of the molecule is N#Cc1ccc(S(=O)(=O)Nc2ccc(Nc3cc(N4CCOCC4)cnn3)cc2)cc1. The third-order valence-electron chi connectivity index (χ3n) is 4.72. The van der Waals surface area contributed by atoms with Crippen LogP contribution in [0.1, 0.15) is 5.56 Å². The Morgan fingerprint density at radius 2 is 1.68 bits per heavy atom. The van der Waals surface area contributed by atoms with Crippen molar-refractivity contribution in [3.8, 4) is 6.07 Å². The van der Waals surface area contributed by atoms with Crippen LogP contribution in [0.15, 0.2) is 65.7 Å². The number of nitrogens with zero attached hydrogens (tertiary/aromatic N) is 4. The zero-order valence-electron chi connectivity index (χ0n) is 16.5. The molecule has 1 aliphatic rings. The molecule has 0 saturated carbocycles. The molecule has 2 aromatic carbocycles. The normalized spacial score (nSPS) is 14.0. The number of hydrogen-bond donors (Lipinski definition) is 2. The predicted octanol–water partition coefficient (Wildman–Crippen LogP) is 2.73. The third-order valence-corrected chi connectivity index (χ3v) is 6.12. The van der Waals surface area contributed by atoms with Gasteiger partial charge >= 0.3 is 0 Å². The smallest absolute Gasteiger partial charge is 0.261 e. The Hall–Kier alpha value is -3.68. The Morgan fingerprint density at radius 1 is 1.00 bits per heavy atom. The molecule has 0 amide bonds. The van der Waals surface area contributed by atoms with Crippen molar-refractivity contribution in [2.75, 3.05) is 41.2 Å². The van der Waals surface area contributed by atoms with E-state index in [0.717, 1.165) is 24.5 Å².